The first-order chi connectivity index (χ1) is 11.5. The molecule has 5 heteroatoms. The maximum atomic E-state index is 12.8. The van der Waals surface area contributed by atoms with Gasteiger partial charge in [0.1, 0.15) is 11.3 Å². The van der Waals surface area contributed by atoms with Crippen molar-refractivity contribution in [1.82, 2.24) is 4.90 Å². The van der Waals surface area contributed by atoms with Gasteiger partial charge in [0.2, 0.25) is 0 Å². The van der Waals surface area contributed by atoms with Crippen molar-refractivity contribution >= 4 is 11.9 Å². The van der Waals surface area contributed by atoms with Crippen molar-refractivity contribution in [2.24, 2.45) is 0 Å². The molecule has 1 aliphatic heterocycles. The van der Waals surface area contributed by atoms with E-state index in [1.54, 1.807) is 4.90 Å². The second-order valence-electron chi connectivity index (χ2n) is 6.17. The van der Waals surface area contributed by atoms with Crippen LogP contribution in [-0.4, -0.2) is 28.4 Å². The molecule has 0 spiro atoms. The molecule has 0 radical (unpaired) electrons. The molecular weight excluding hydrogens is 306 g/mol. The van der Waals surface area contributed by atoms with E-state index >= 15 is 0 Å². The van der Waals surface area contributed by atoms with Crippen LogP contribution in [0.25, 0.3) is 0 Å². The number of aryl methyl sites for hydroxylation is 2. The molecule has 1 unspecified atom stereocenters. The van der Waals surface area contributed by atoms with Crippen LogP contribution >= 0.6 is 0 Å². The molecule has 1 atom stereocenters. The molecule has 0 saturated carbocycles. The van der Waals surface area contributed by atoms with Crippen LogP contribution in [0.15, 0.2) is 34.7 Å². The summed E-state index contributed by atoms with van der Waals surface area (Å²) in [5.74, 6) is -0.841. The van der Waals surface area contributed by atoms with Crippen molar-refractivity contribution in [3.8, 4) is 0 Å². The first-order valence-corrected chi connectivity index (χ1v) is 8.24. The molecule has 5 nitrogen and oxygen atoms in total. The highest BCUT2D eigenvalue weighted by molar-refractivity contribution is 5.96. The summed E-state index contributed by atoms with van der Waals surface area (Å²) in [6, 6.07) is 9.55. The number of furan rings is 1. The van der Waals surface area contributed by atoms with Gasteiger partial charge in [0.25, 0.3) is 5.91 Å². The van der Waals surface area contributed by atoms with Crippen molar-refractivity contribution in [3.63, 3.8) is 0 Å². The van der Waals surface area contributed by atoms with E-state index in [0.29, 0.717) is 18.7 Å². The van der Waals surface area contributed by atoms with Gasteiger partial charge in [-0.25, -0.2) is 4.79 Å². The molecule has 1 amide bonds. The Hall–Kier alpha value is -2.56. The number of carbonyl (C=O) groups excluding carboxylic acids is 1. The molecule has 0 aliphatic carbocycles. The Balaban J connectivity index is 1.88. The SMILES string of the molecule is CCc1oc(C(=O)N2CCCC2c2ccc(C)cc2)cc1C(=O)O. The Kier molecular flexibility index (Phi) is 4.42. The van der Waals surface area contributed by atoms with Crippen molar-refractivity contribution in [2.45, 2.75) is 39.2 Å². The summed E-state index contributed by atoms with van der Waals surface area (Å²) in [6.07, 6.45) is 2.27. The molecule has 0 bridgehead atoms. The van der Waals surface area contributed by atoms with Crippen LogP contribution in [0.5, 0.6) is 0 Å². The monoisotopic (exact) mass is 327 g/mol. The van der Waals surface area contributed by atoms with Gasteiger partial charge >= 0.3 is 5.97 Å². The number of benzene rings is 1. The Morgan fingerprint density at radius 2 is 2.00 bits per heavy atom. The smallest absolute Gasteiger partial charge is 0.339 e. The molecular formula is C19H21NO4. The summed E-state index contributed by atoms with van der Waals surface area (Å²) in [6.45, 7) is 4.50. The second-order valence-corrected chi connectivity index (χ2v) is 6.17. The number of aromatic carboxylic acids is 1. The maximum absolute atomic E-state index is 12.8. The fraction of sp³-hybridized carbons (Fsp3) is 0.368. The predicted molar refractivity (Wildman–Crippen MR) is 89.2 cm³/mol. The van der Waals surface area contributed by atoms with Crippen molar-refractivity contribution in [3.05, 3.63) is 58.5 Å². The highest BCUT2D eigenvalue weighted by Gasteiger charge is 2.33. The van der Waals surface area contributed by atoms with Gasteiger partial charge < -0.3 is 14.4 Å². The molecule has 1 saturated heterocycles. The fourth-order valence-electron chi connectivity index (χ4n) is 3.26. The number of nitrogens with zero attached hydrogens (tertiary/aromatic N) is 1. The Labute approximate surface area is 140 Å². The Morgan fingerprint density at radius 1 is 1.29 bits per heavy atom. The number of rotatable bonds is 4. The summed E-state index contributed by atoms with van der Waals surface area (Å²) >= 11 is 0. The van der Waals surface area contributed by atoms with E-state index in [4.69, 9.17) is 4.42 Å². The van der Waals surface area contributed by atoms with Crippen LogP contribution in [0.3, 0.4) is 0 Å². The number of likely N-dealkylation sites (tertiary alicyclic amines) is 1. The number of carboxylic acids is 1. The van der Waals surface area contributed by atoms with Gasteiger partial charge in [-0.1, -0.05) is 36.8 Å². The Bertz CT molecular complexity index is 760. The lowest BCUT2D eigenvalue weighted by Gasteiger charge is -2.24. The van der Waals surface area contributed by atoms with Gasteiger partial charge in [-0.15, -0.1) is 0 Å². The number of hydrogen-bond donors (Lipinski definition) is 1. The van der Waals surface area contributed by atoms with E-state index in [0.717, 1.165) is 18.4 Å². The lowest BCUT2D eigenvalue weighted by Crippen LogP contribution is -2.30. The van der Waals surface area contributed by atoms with Crippen LogP contribution in [-0.2, 0) is 6.42 Å². The van der Waals surface area contributed by atoms with Gasteiger partial charge in [-0.05, 0) is 25.3 Å². The quantitative estimate of drug-likeness (QED) is 0.926. The van der Waals surface area contributed by atoms with Crippen molar-refractivity contribution in [1.29, 1.82) is 0 Å². The molecule has 1 aromatic carbocycles. The number of carboxylic acid groups (broad SMARTS) is 1. The van der Waals surface area contributed by atoms with Crippen molar-refractivity contribution in [2.75, 3.05) is 6.54 Å². The van der Waals surface area contributed by atoms with Crippen LogP contribution < -0.4 is 0 Å². The number of amides is 1. The zero-order chi connectivity index (χ0) is 17.3. The average molecular weight is 327 g/mol. The van der Waals surface area contributed by atoms with Crippen LogP contribution in [0.2, 0.25) is 0 Å². The minimum Gasteiger partial charge on any atom is -0.478 e. The van der Waals surface area contributed by atoms with E-state index in [9.17, 15) is 14.7 Å². The normalized spacial score (nSPS) is 17.2. The van der Waals surface area contributed by atoms with Gasteiger partial charge in [0.05, 0.1) is 6.04 Å². The lowest BCUT2D eigenvalue weighted by atomic mass is 10.0. The fourth-order valence-corrected chi connectivity index (χ4v) is 3.26. The highest BCUT2D eigenvalue weighted by atomic mass is 16.4. The van der Waals surface area contributed by atoms with Crippen LogP contribution in [0.1, 0.15) is 63.6 Å². The summed E-state index contributed by atoms with van der Waals surface area (Å²) in [4.78, 5) is 25.9. The number of carbonyl (C=O) groups is 2. The summed E-state index contributed by atoms with van der Waals surface area (Å²) in [7, 11) is 0. The second kappa shape index (κ2) is 6.51. The van der Waals surface area contributed by atoms with Gasteiger partial charge in [-0.3, -0.25) is 4.79 Å². The summed E-state index contributed by atoms with van der Waals surface area (Å²) < 4.78 is 5.53. The minimum absolute atomic E-state index is 0.0153. The Morgan fingerprint density at radius 3 is 2.58 bits per heavy atom. The predicted octanol–water partition coefficient (Wildman–Crippen LogP) is 3.83. The first-order valence-electron chi connectivity index (χ1n) is 8.24. The third-order valence-electron chi connectivity index (χ3n) is 4.55. The largest absolute Gasteiger partial charge is 0.478 e. The highest BCUT2D eigenvalue weighted by Crippen LogP contribution is 2.33. The molecule has 2 heterocycles. The van der Waals surface area contributed by atoms with Crippen LogP contribution in [0.4, 0.5) is 0 Å². The van der Waals surface area contributed by atoms with E-state index < -0.39 is 5.97 Å². The maximum Gasteiger partial charge on any atom is 0.339 e. The van der Waals surface area contributed by atoms with Gasteiger partial charge in [0, 0.05) is 19.0 Å². The molecule has 1 fully saturated rings. The molecule has 1 aliphatic rings. The van der Waals surface area contributed by atoms with E-state index in [1.165, 1.54) is 11.6 Å². The lowest BCUT2D eigenvalue weighted by molar-refractivity contribution is 0.0687. The summed E-state index contributed by atoms with van der Waals surface area (Å²) in [5, 5.41) is 9.23. The molecule has 1 aromatic heterocycles. The van der Waals surface area contributed by atoms with Gasteiger partial charge in [-0.2, -0.15) is 0 Å². The van der Waals surface area contributed by atoms with E-state index in [-0.39, 0.29) is 23.3 Å². The van der Waals surface area contributed by atoms with Gasteiger partial charge in [0.15, 0.2) is 5.76 Å². The standard InChI is InChI=1S/C19H21NO4/c1-3-16-14(19(22)23)11-17(24-16)18(21)20-10-4-5-15(20)13-8-6-12(2)7-9-13/h6-9,11,15H,3-5,10H2,1-2H3,(H,22,23). The summed E-state index contributed by atoms with van der Waals surface area (Å²) in [5.41, 5.74) is 2.36. The third-order valence-corrected chi connectivity index (χ3v) is 4.55. The van der Waals surface area contributed by atoms with E-state index in [2.05, 4.69) is 0 Å². The zero-order valence-electron chi connectivity index (χ0n) is 13.9. The molecule has 2 aromatic rings. The molecule has 126 valence electrons. The molecule has 3 rings (SSSR count). The first kappa shape index (κ1) is 16.3. The average Bonchev–Trinajstić information content (AvgIpc) is 3.22. The van der Waals surface area contributed by atoms with Crippen LogP contribution in [0, 0.1) is 6.92 Å². The third kappa shape index (κ3) is 2.94. The van der Waals surface area contributed by atoms with Crippen molar-refractivity contribution < 1.29 is 19.1 Å². The molecule has 24 heavy (non-hydrogen) atoms. The van der Waals surface area contributed by atoms with E-state index in [1.807, 2.05) is 38.1 Å². The molecule has 1 N–H and O–H groups in total. The zero-order valence-corrected chi connectivity index (χ0v) is 13.9. The minimum atomic E-state index is -1.06. The number of hydrogen-bond acceptors (Lipinski definition) is 3. The topological polar surface area (TPSA) is 70.8 Å².